The first kappa shape index (κ1) is 28.1. The van der Waals surface area contributed by atoms with Gasteiger partial charge in [-0.15, -0.1) is 0 Å². The zero-order chi connectivity index (χ0) is 26.3. The molecule has 1 amide bonds. The highest BCUT2D eigenvalue weighted by Gasteiger charge is 2.32. The van der Waals surface area contributed by atoms with Gasteiger partial charge in [-0.25, -0.2) is 18.2 Å². The number of sulfonamides is 1. The van der Waals surface area contributed by atoms with Crippen LogP contribution in [0.5, 0.6) is 0 Å². The molecular weight excluding hydrogens is 547 g/mol. The second-order valence-corrected chi connectivity index (χ2v) is 11.1. The van der Waals surface area contributed by atoms with Gasteiger partial charge in [0.2, 0.25) is 0 Å². The first-order valence-electron chi connectivity index (χ1n) is 11.3. The molecule has 0 fully saturated rings. The number of aryl methyl sites for hydroxylation is 1. The zero-order valence-corrected chi connectivity index (χ0v) is 22.9. The van der Waals surface area contributed by atoms with Crippen LogP contribution in [0.2, 0.25) is 15.1 Å². The highest BCUT2D eigenvalue weighted by atomic mass is 35.5. The van der Waals surface area contributed by atoms with Crippen molar-refractivity contribution in [2.45, 2.75) is 37.8 Å². The van der Waals surface area contributed by atoms with Crippen LogP contribution in [-0.4, -0.2) is 54.7 Å². The largest absolute Gasteiger partial charge is 0.447 e. The summed E-state index contributed by atoms with van der Waals surface area (Å²) in [7, 11) is -4.10. The van der Waals surface area contributed by atoms with E-state index in [0.29, 0.717) is 36.1 Å². The van der Waals surface area contributed by atoms with E-state index < -0.39 is 22.2 Å². The van der Waals surface area contributed by atoms with Gasteiger partial charge in [-0.3, -0.25) is 4.31 Å². The maximum absolute atomic E-state index is 13.7. The lowest BCUT2D eigenvalue weighted by Crippen LogP contribution is -2.43. The normalized spacial score (nSPS) is 12.2. The second-order valence-electron chi connectivity index (χ2n) is 8.01. The molecule has 36 heavy (non-hydrogen) atoms. The maximum Gasteiger partial charge on any atom is 0.409 e. The topological polar surface area (TPSA) is 84.7 Å². The maximum atomic E-state index is 13.7. The first-order chi connectivity index (χ1) is 17.1. The molecular formula is C24H27Cl3N4O4S. The number of halogens is 3. The Kier molecular flexibility index (Phi) is 9.90. The van der Waals surface area contributed by atoms with Crippen molar-refractivity contribution in [3.8, 4) is 0 Å². The molecule has 8 nitrogen and oxygen atoms in total. The van der Waals surface area contributed by atoms with E-state index in [1.807, 2.05) is 17.7 Å². The van der Waals surface area contributed by atoms with Crippen LogP contribution in [0.4, 0.5) is 10.5 Å². The third-order valence-electron chi connectivity index (χ3n) is 5.41. The Hall–Kier alpha value is -2.46. The molecule has 194 valence electrons. The number of nitrogens with zero attached hydrogens (tertiary/aromatic N) is 4. The molecule has 0 aliphatic heterocycles. The quantitative estimate of drug-likeness (QED) is 0.282. The van der Waals surface area contributed by atoms with Crippen molar-refractivity contribution >= 4 is 56.6 Å². The van der Waals surface area contributed by atoms with Crippen LogP contribution in [0.3, 0.4) is 0 Å². The lowest BCUT2D eigenvalue weighted by atomic mass is 10.2. The number of hydrogen-bond acceptors (Lipinski definition) is 5. The Labute approximate surface area is 226 Å². The molecule has 2 aromatic carbocycles. The van der Waals surface area contributed by atoms with Crippen molar-refractivity contribution in [2.24, 2.45) is 0 Å². The SMILES string of the molecule is CCN(CCCn1ccnc1)C(=O)OCC(C)N(c1cc(Cl)ccc1Cl)S(=O)(=O)c1ccc(Cl)cc1. The van der Waals surface area contributed by atoms with Crippen LogP contribution in [0.25, 0.3) is 0 Å². The number of imidazole rings is 1. The fourth-order valence-corrected chi connectivity index (χ4v) is 5.77. The summed E-state index contributed by atoms with van der Waals surface area (Å²) in [5.41, 5.74) is 0.176. The predicted molar refractivity (Wildman–Crippen MR) is 142 cm³/mol. The Balaban J connectivity index is 1.77. The van der Waals surface area contributed by atoms with Gasteiger partial charge in [-0.2, -0.15) is 0 Å². The van der Waals surface area contributed by atoms with Gasteiger partial charge in [0.25, 0.3) is 10.0 Å². The summed E-state index contributed by atoms with van der Waals surface area (Å²) in [6.45, 7) is 4.92. The number of rotatable bonds is 11. The highest BCUT2D eigenvalue weighted by molar-refractivity contribution is 7.92. The summed E-state index contributed by atoms with van der Waals surface area (Å²) in [6.07, 6.45) is 5.45. The van der Waals surface area contributed by atoms with E-state index in [9.17, 15) is 13.2 Å². The summed E-state index contributed by atoms with van der Waals surface area (Å²) < 4.78 is 35.9. The fraction of sp³-hybridized carbons (Fsp3) is 0.333. The van der Waals surface area contributed by atoms with Gasteiger partial charge in [0.05, 0.1) is 28.0 Å². The summed E-state index contributed by atoms with van der Waals surface area (Å²) in [4.78, 5) is 18.3. The molecule has 1 aromatic heterocycles. The first-order valence-corrected chi connectivity index (χ1v) is 13.8. The van der Waals surface area contributed by atoms with E-state index in [2.05, 4.69) is 4.98 Å². The number of ether oxygens (including phenoxy) is 1. The predicted octanol–water partition coefficient (Wildman–Crippen LogP) is 5.98. The molecule has 0 aliphatic rings. The van der Waals surface area contributed by atoms with Gasteiger partial charge < -0.3 is 14.2 Å². The van der Waals surface area contributed by atoms with Crippen LogP contribution in [0.1, 0.15) is 20.3 Å². The molecule has 3 aromatic rings. The monoisotopic (exact) mass is 572 g/mol. The summed E-state index contributed by atoms with van der Waals surface area (Å²) in [5, 5.41) is 0.894. The molecule has 1 atom stereocenters. The Morgan fingerprint density at radius 2 is 1.81 bits per heavy atom. The highest BCUT2D eigenvalue weighted by Crippen LogP contribution is 2.35. The van der Waals surface area contributed by atoms with Crippen LogP contribution in [0.15, 0.2) is 66.1 Å². The van der Waals surface area contributed by atoms with Crippen molar-refractivity contribution in [3.05, 3.63) is 76.3 Å². The number of carbonyl (C=O) groups excluding carboxylic acids is 1. The molecule has 1 unspecified atom stereocenters. The van der Waals surface area contributed by atoms with Crippen LogP contribution >= 0.6 is 34.8 Å². The van der Waals surface area contributed by atoms with E-state index in [-0.39, 0.29) is 22.2 Å². The lowest BCUT2D eigenvalue weighted by molar-refractivity contribution is 0.0995. The van der Waals surface area contributed by atoms with E-state index in [1.54, 1.807) is 30.4 Å². The van der Waals surface area contributed by atoms with Gasteiger partial charge in [-0.1, -0.05) is 34.8 Å². The third kappa shape index (κ3) is 7.06. The number of carbonyl (C=O) groups is 1. The van der Waals surface area contributed by atoms with Gasteiger partial charge in [-0.05, 0) is 62.7 Å². The molecule has 1 heterocycles. The summed E-state index contributed by atoms with van der Waals surface area (Å²) in [5.74, 6) is 0. The molecule has 0 saturated carbocycles. The smallest absolute Gasteiger partial charge is 0.409 e. The number of aromatic nitrogens is 2. The Morgan fingerprint density at radius 1 is 1.11 bits per heavy atom. The summed E-state index contributed by atoms with van der Waals surface area (Å²) >= 11 is 18.5. The van der Waals surface area contributed by atoms with Gasteiger partial charge in [0.1, 0.15) is 6.61 Å². The Morgan fingerprint density at radius 3 is 2.44 bits per heavy atom. The average molecular weight is 574 g/mol. The van der Waals surface area contributed by atoms with E-state index >= 15 is 0 Å². The molecule has 0 N–H and O–H groups in total. The minimum absolute atomic E-state index is 0.0100. The molecule has 0 bridgehead atoms. The van der Waals surface area contributed by atoms with Crippen LogP contribution in [-0.2, 0) is 21.3 Å². The number of amides is 1. The van der Waals surface area contributed by atoms with Crippen molar-refractivity contribution < 1.29 is 17.9 Å². The number of anilines is 1. The average Bonchev–Trinajstić information content (AvgIpc) is 3.36. The number of hydrogen-bond donors (Lipinski definition) is 0. The minimum Gasteiger partial charge on any atom is -0.447 e. The van der Waals surface area contributed by atoms with Gasteiger partial charge in [0, 0.05) is 42.1 Å². The van der Waals surface area contributed by atoms with Crippen molar-refractivity contribution in [2.75, 3.05) is 24.0 Å². The van der Waals surface area contributed by atoms with Crippen molar-refractivity contribution in [1.82, 2.24) is 14.5 Å². The summed E-state index contributed by atoms with van der Waals surface area (Å²) in [6, 6.07) is 9.52. The van der Waals surface area contributed by atoms with E-state index in [4.69, 9.17) is 39.5 Å². The zero-order valence-electron chi connectivity index (χ0n) is 19.9. The number of benzene rings is 2. The van der Waals surface area contributed by atoms with Crippen molar-refractivity contribution in [3.63, 3.8) is 0 Å². The van der Waals surface area contributed by atoms with E-state index in [1.165, 1.54) is 36.4 Å². The molecule has 3 rings (SSSR count). The standard InChI is InChI=1S/C24H27Cl3N4O4S/c1-3-30(13-4-12-29-14-11-28-17-29)24(32)35-16-18(2)31(23-15-20(26)7-10-22(23)27)36(33,34)21-8-5-19(25)6-9-21/h5-11,14-15,17-18H,3-4,12-13,16H2,1-2H3. The van der Waals surface area contributed by atoms with Crippen LogP contribution < -0.4 is 4.31 Å². The van der Waals surface area contributed by atoms with E-state index in [0.717, 1.165) is 4.31 Å². The molecule has 0 saturated heterocycles. The molecule has 0 aliphatic carbocycles. The Bertz CT molecular complexity index is 1250. The fourth-order valence-electron chi connectivity index (χ4n) is 3.57. The second kappa shape index (κ2) is 12.7. The van der Waals surface area contributed by atoms with Crippen LogP contribution in [0, 0.1) is 0 Å². The lowest BCUT2D eigenvalue weighted by Gasteiger charge is -2.31. The van der Waals surface area contributed by atoms with Gasteiger partial charge >= 0.3 is 6.09 Å². The molecule has 0 radical (unpaired) electrons. The molecule has 12 heteroatoms. The van der Waals surface area contributed by atoms with Gasteiger partial charge in [0.15, 0.2) is 0 Å². The minimum atomic E-state index is -4.10. The van der Waals surface area contributed by atoms with Crippen molar-refractivity contribution in [1.29, 1.82) is 0 Å². The molecule has 0 spiro atoms. The third-order valence-corrected chi connectivity index (χ3v) is 8.16.